The SMILES string of the molecule is c1ccc2c(c1)Cc1ccc3c(c1-2)-c1c(ccc2c1nc1c4ccccc4c4ccccc4n21)C3. The summed E-state index contributed by atoms with van der Waals surface area (Å²) in [4.78, 5) is 5.41. The molecule has 0 saturated heterocycles. The second-order valence-corrected chi connectivity index (χ2v) is 9.95. The fraction of sp³-hybridized carbons (Fsp3) is 0.0606. The Bertz CT molecular complexity index is 2060. The lowest BCUT2D eigenvalue weighted by Crippen LogP contribution is -1.91. The van der Waals surface area contributed by atoms with Gasteiger partial charge in [-0.3, -0.25) is 4.40 Å². The Labute approximate surface area is 202 Å². The first kappa shape index (κ1) is 18.0. The third-order valence-electron chi connectivity index (χ3n) is 8.19. The molecule has 2 aliphatic rings. The molecule has 9 rings (SSSR count). The van der Waals surface area contributed by atoms with Crippen LogP contribution in [0.15, 0.2) is 97.1 Å². The Balaban J connectivity index is 1.48. The third kappa shape index (κ3) is 2.14. The predicted molar refractivity (Wildman–Crippen MR) is 144 cm³/mol. The minimum Gasteiger partial charge on any atom is -0.292 e. The van der Waals surface area contributed by atoms with Crippen LogP contribution in [0, 0.1) is 0 Å². The van der Waals surface area contributed by atoms with Crippen molar-refractivity contribution in [1.29, 1.82) is 0 Å². The maximum Gasteiger partial charge on any atom is 0.146 e. The largest absolute Gasteiger partial charge is 0.292 e. The molecular weight excluding hydrogens is 424 g/mol. The Kier molecular flexibility index (Phi) is 3.16. The molecule has 7 aromatic rings. The molecule has 0 saturated carbocycles. The molecule has 162 valence electrons. The lowest BCUT2D eigenvalue weighted by atomic mass is 9.93. The van der Waals surface area contributed by atoms with Crippen LogP contribution < -0.4 is 0 Å². The summed E-state index contributed by atoms with van der Waals surface area (Å²) in [5.41, 5.74) is 15.8. The van der Waals surface area contributed by atoms with Gasteiger partial charge in [0.2, 0.25) is 0 Å². The van der Waals surface area contributed by atoms with E-state index in [9.17, 15) is 0 Å². The average Bonchev–Trinajstić information content (AvgIpc) is 3.59. The van der Waals surface area contributed by atoms with E-state index < -0.39 is 0 Å². The molecule has 0 aliphatic heterocycles. The number of hydrogen-bond donors (Lipinski definition) is 0. The van der Waals surface area contributed by atoms with Crippen LogP contribution in [0.4, 0.5) is 0 Å². The zero-order chi connectivity index (χ0) is 22.7. The van der Waals surface area contributed by atoms with Crippen LogP contribution in [0.2, 0.25) is 0 Å². The highest BCUT2D eigenvalue weighted by molar-refractivity contribution is 6.15. The average molecular weight is 445 g/mol. The first-order chi connectivity index (χ1) is 17.4. The van der Waals surface area contributed by atoms with Crippen molar-refractivity contribution in [3.63, 3.8) is 0 Å². The number of para-hydroxylation sites is 1. The topological polar surface area (TPSA) is 17.3 Å². The summed E-state index contributed by atoms with van der Waals surface area (Å²) in [5.74, 6) is 0. The monoisotopic (exact) mass is 444 g/mol. The number of pyridine rings is 1. The van der Waals surface area contributed by atoms with Gasteiger partial charge in [0.05, 0.1) is 16.6 Å². The van der Waals surface area contributed by atoms with E-state index in [-0.39, 0.29) is 0 Å². The summed E-state index contributed by atoms with van der Waals surface area (Å²) >= 11 is 0. The minimum atomic E-state index is 0.978. The molecule has 0 unspecified atom stereocenters. The van der Waals surface area contributed by atoms with Crippen LogP contribution in [0.25, 0.3) is 60.6 Å². The van der Waals surface area contributed by atoms with E-state index in [0.29, 0.717) is 0 Å². The first-order valence-electron chi connectivity index (χ1n) is 12.3. The van der Waals surface area contributed by atoms with E-state index in [1.807, 2.05) is 0 Å². The highest BCUT2D eigenvalue weighted by Crippen LogP contribution is 2.51. The van der Waals surface area contributed by atoms with E-state index in [0.717, 1.165) is 24.0 Å². The number of fused-ring (bicyclic) bond motifs is 16. The van der Waals surface area contributed by atoms with Gasteiger partial charge < -0.3 is 0 Å². The normalized spacial score (nSPS) is 13.5. The van der Waals surface area contributed by atoms with E-state index in [2.05, 4.69) is 101 Å². The molecule has 2 heteroatoms. The van der Waals surface area contributed by atoms with E-state index in [1.54, 1.807) is 0 Å². The molecule has 0 spiro atoms. The van der Waals surface area contributed by atoms with Gasteiger partial charge in [0.15, 0.2) is 0 Å². The van der Waals surface area contributed by atoms with Crippen molar-refractivity contribution in [2.24, 2.45) is 0 Å². The van der Waals surface area contributed by atoms with Crippen LogP contribution in [-0.4, -0.2) is 9.38 Å². The Hall–Kier alpha value is -4.43. The molecule has 0 fully saturated rings. The zero-order valence-corrected chi connectivity index (χ0v) is 19.0. The molecule has 2 aromatic heterocycles. The molecule has 2 nitrogen and oxygen atoms in total. The fourth-order valence-electron chi connectivity index (χ4n) is 6.75. The summed E-state index contributed by atoms with van der Waals surface area (Å²) in [7, 11) is 0. The number of rotatable bonds is 0. The first-order valence-corrected chi connectivity index (χ1v) is 12.3. The maximum absolute atomic E-state index is 5.41. The predicted octanol–water partition coefficient (Wildman–Crippen LogP) is 7.94. The summed E-state index contributed by atoms with van der Waals surface area (Å²) in [6.45, 7) is 0. The quantitative estimate of drug-likeness (QED) is 0.217. The second kappa shape index (κ2) is 6.17. The van der Waals surface area contributed by atoms with Gasteiger partial charge in [0.1, 0.15) is 5.65 Å². The van der Waals surface area contributed by atoms with Gasteiger partial charge >= 0.3 is 0 Å². The molecule has 0 radical (unpaired) electrons. The van der Waals surface area contributed by atoms with Gasteiger partial charge in [0.25, 0.3) is 0 Å². The Morgan fingerprint density at radius 2 is 1.14 bits per heavy atom. The van der Waals surface area contributed by atoms with Crippen molar-refractivity contribution in [1.82, 2.24) is 9.38 Å². The van der Waals surface area contributed by atoms with Gasteiger partial charge in [-0.15, -0.1) is 0 Å². The number of hydrogen-bond acceptors (Lipinski definition) is 1. The van der Waals surface area contributed by atoms with Crippen LogP contribution in [0.5, 0.6) is 0 Å². The van der Waals surface area contributed by atoms with Crippen LogP contribution in [0.3, 0.4) is 0 Å². The van der Waals surface area contributed by atoms with Gasteiger partial charge in [0, 0.05) is 16.3 Å². The van der Waals surface area contributed by atoms with Gasteiger partial charge in [-0.1, -0.05) is 84.9 Å². The molecule has 0 N–H and O–H groups in total. The van der Waals surface area contributed by atoms with Crippen molar-refractivity contribution in [2.45, 2.75) is 12.8 Å². The molecule has 0 bridgehead atoms. The molecule has 2 aliphatic carbocycles. The molecule has 5 aromatic carbocycles. The third-order valence-corrected chi connectivity index (χ3v) is 8.19. The van der Waals surface area contributed by atoms with Crippen molar-refractivity contribution in [2.75, 3.05) is 0 Å². The van der Waals surface area contributed by atoms with E-state index in [4.69, 9.17) is 4.98 Å². The second-order valence-electron chi connectivity index (χ2n) is 9.95. The summed E-state index contributed by atoms with van der Waals surface area (Å²) in [5, 5.41) is 3.74. The van der Waals surface area contributed by atoms with Crippen LogP contribution >= 0.6 is 0 Å². The molecular formula is C33H20N2. The Morgan fingerprint density at radius 3 is 2.06 bits per heavy atom. The highest BCUT2D eigenvalue weighted by Gasteiger charge is 2.31. The lowest BCUT2D eigenvalue weighted by molar-refractivity contribution is 1.23. The van der Waals surface area contributed by atoms with Crippen molar-refractivity contribution in [3.8, 4) is 22.3 Å². The maximum atomic E-state index is 5.41. The molecule has 2 heterocycles. The van der Waals surface area contributed by atoms with E-state index >= 15 is 0 Å². The van der Waals surface area contributed by atoms with Crippen LogP contribution in [-0.2, 0) is 12.8 Å². The van der Waals surface area contributed by atoms with Gasteiger partial charge in [-0.05, 0) is 69.3 Å². The van der Waals surface area contributed by atoms with Gasteiger partial charge in [-0.2, -0.15) is 0 Å². The molecule has 0 atom stereocenters. The standard InChI is InChI=1S/C33H20N2/c1-2-8-23-19(7-1)17-20-13-14-21-18-22-15-16-28-32(31(22)30(21)29(20)23)34-33-26-11-4-3-9-24(26)25-10-5-6-12-27(25)35(28)33/h1-16H,17-18H2. The number of nitrogens with zero attached hydrogens (tertiary/aromatic N) is 2. The van der Waals surface area contributed by atoms with E-state index in [1.165, 1.54) is 71.7 Å². The lowest BCUT2D eigenvalue weighted by Gasteiger charge is -2.11. The highest BCUT2D eigenvalue weighted by atomic mass is 15.0. The fourth-order valence-corrected chi connectivity index (χ4v) is 6.75. The molecule has 0 amide bonds. The molecule has 35 heavy (non-hydrogen) atoms. The van der Waals surface area contributed by atoms with Gasteiger partial charge in [-0.25, -0.2) is 4.98 Å². The number of aromatic nitrogens is 2. The number of imidazole rings is 1. The smallest absolute Gasteiger partial charge is 0.146 e. The van der Waals surface area contributed by atoms with Crippen LogP contribution in [0.1, 0.15) is 22.3 Å². The van der Waals surface area contributed by atoms with Crippen molar-refractivity contribution in [3.05, 3.63) is 119 Å². The number of benzene rings is 5. The summed E-state index contributed by atoms with van der Waals surface area (Å²) in [6.07, 6.45) is 2.00. The van der Waals surface area contributed by atoms with Crippen molar-refractivity contribution < 1.29 is 0 Å². The minimum absolute atomic E-state index is 0.978. The zero-order valence-electron chi connectivity index (χ0n) is 19.0. The summed E-state index contributed by atoms with van der Waals surface area (Å²) < 4.78 is 2.38. The van der Waals surface area contributed by atoms with Crippen molar-refractivity contribution >= 4 is 38.4 Å². The Morgan fingerprint density at radius 1 is 0.486 bits per heavy atom. The summed E-state index contributed by atoms with van der Waals surface area (Å²) in [6, 6.07) is 35.7.